The third-order valence-electron chi connectivity index (χ3n) is 6.14. The molecule has 1 aliphatic heterocycles. The van der Waals surface area contributed by atoms with Crippen molar-refractivity contribution in [3.8, 4) is 11.4 Å². The fraction of sp³-hybridized carbons (Fsp3) is 0.320. The van der Waals surface area contributed by atoms with Crippen molar-refractivity contribution in [2.75, 3.05) is 12.4 Å². The summed E-state index contributed by atoms with van der Waals surface area (Å²) in [4.78, 5) is 29.6. The molecule has 5 rings (SSSR count). The number of carbonyl (C=O) groups is 1. The second-order valence-corrected chi connectivity index (χ2v) is 9.00. The maximum Gasteiger partial charge on any atom is 0.251 e. The second kappa shape index (κ2) is 9.81. The van der Waals surface area contributed by atoms with E-state index in [2.05, 4.69) is 48.8 Å². The number of ether oxygens (including phenoxy) is 1. The number of aliphatic hydroxyl groups excluding tert-OH is 2. The Morgan fingerprint density at radius 3 is 2.57 bits per heavy atom. The average molecular weight is 508 g/mol. The first-order valence-corrected chi connectivity index (χ1v) is 11.6. The Kier molecular flexibility index (Phi) is 6.54. The van der Waals surface area contributed by atoms with Gasteiger partial charge in [0.25, 0.3) is 5.91 Å². The van der Waals surface area contributed by atoms with E-state index in [1.54, 1.807) is 0 Å². The van der Waals surface area contributed by atoms with Crippen LogP contribution in [0.3, 0.4) is 0 Å². The maximum atomic E-state index is 14.0. The minimum atomic E-state index is -1.46. The van der Waals surface area contributed by atoms with E-state index in [9.17, 15) is 19.4 Å². The van der Waals surface area contributed by atoms with Gasteiger partial charge in [0.2, 0.25) is 0 Å². The summed E-state index contributed by atoms with van der Waals surface area (Å²) in [5.41, 5.74) is 4.23. The fourth-order valence-electron chi connectivity index (χ4n) is 4.49. The molecule has 1 aliphatic rings. The van der Waals surface area contributed by atoms with Crippen LogP contribution < -0.4 is 10.6 Å². The van der Waals surface area contributed by atoms with Crippen LogP contribution in [-0.4, -0.2) is 66.0 Å². The van der Waals surface area contributed by atoms with Gasteiger partial charge in [-0.05, 0) is 25.5 Å². The summed E-state index contributed by atoms with van der Waals surface area (Å²) >= 11 is 0. The van der Waals surface area contributed by atoms with Crippen molar-refractivity contribution in [3.05, 3.63) is 65.5 Å². The van der Waals surface area contributed by atoms with E-state index in [1.807, 2.05) is 13.8 Å². The zero-order valence-electron chi connectivity index (χ0n) is 20.4. The number of imidazole rings is 1. The maximum absolute atomic E-state index is 14.0. The molecule has 0 bridgehead atoms. The Morgan fingerprint density at radius 1 is 1.11 bits per heavy atom. The van der Waals surface area contributed by atoms with Crippen LogP contribution in [0.15, 0.2) is 43.0 Å². The van der Waals surface area contributed by atoms with E-state index in [0.717, 1.165) is 22.9 Å². The van der Waals surface area contributed by atoms with Crippen LogP contribution in [0.5, 0.6) is 0 Å². The summed E-state index contributed by atoms with van der Waals surface area (Å²) < 4.78 is 21.1. The van der Waals surface area contributed by atoms with Gasteiger partial charge < -0.3 is 25.6 Å². The number of nitrogens with zero attached hydrogens (tertiary/aromatic N) is 5. The molecule has 1 fully saturated rings. The summed E-state index contributed by atoms with van der Waals surface area (Å²) in [6.07, 6.45) is -1.42. The van der Waals surface area contributed by atoms with Crippen molar-refractivity contribution in [1.82, 2.24) is 29.8 Å². The summed E-state index contributed by atoms with van der Waals surface area (Å²) in [5, 5.41) is 26.8. The number of pyridine rings is 1. The van der Waals surface area contributed by atoms with Gasteiger partial charge in [-0.2, -0.15) is 0 Å². The molecule has 4 N–H and O–H groups in total. The second-order valence-electron chi connectivity index (χ2n) is 9.00. The van der Waals surface area contributed by atoms with E-state index >= 15 is 0 Å². The van der Waals surface area contributed by atoms with E-state index in [0.29, 0.717) is 23.4 Å². The Bertz CT molecular complexity index is 1460. The van der Waals surface area contributed by atoms with Crippen molar-refractivity contribution < 1.29 is 24.1 Å². The Morgan fingerprint density at radius 2 is 1.86 bits per heavy atom. The predicted octanol–water partition coefficient (Wildman–Crippen LogP) is 1.62. The molecule has 1 saturated heterocycles. The van der Waals surface area contributed by atoms with E-state index < -0.39 is 36.3 Å². The van der Waals surface area contributed by atoms with Gasteiger partial charge in [0, 0.05) is 25.4 Å². The molecular weight excluding hydrogens is 481 g/mol. The fourth-order valence-corrected chi connectivity index (χ4v) is 4.49. The third kappa shape index (κ3) is 4.73. The van der Waals surface area contributed by atoms with Crippen molar-refractivity contribution in [3.63, 3.8) is 0 Å². The van der Waals surface area contributed by atoms with Crippen molar-refractivity contribution in [1.29, 1.82) is 0 Å². The largest absolute Gasteiger partial charge is 0.387 e. The number of benzene rings is 1. The standard InChI is InChI=1S/C25H26FN7O4/c1-12-4-13(2)6-14(5-12)8-29-22-17-23(32-21(31-22)15-7-16(26)10-28-9-15)33(11-30-17)25-19(35)18(34)20(37-25)24(36)27-3/h4-7,9-11,18-20,25,34-35H,8H2,1-3H3,(H,27,36)(H,29,31,32)/t18?,19?,20-,25?/m0/s1. The van der Waals surface area contributed by atoms with Gasteiger partial charge in [-0.15, -0.1) is 0 Å². The van der Waals surface area contributed by atoms with Gasteiger partial charge in [0.05, 0.1) is 12.5 Å². The zero-order chi connectivity index (χ0) is 26.3. The SMILES string of the molecule is CNC(=O)[C@H]1OC(n2cnc3c(NCc4cc(C)cc(C)c4)nc(-c4cncc(F)c4)nc32)C(O)C1O. The molecule has 0 spiro atoms. The number of hydrogen-bond donors (Lipinski definition) is 4. The van der Waals surface area contributed by atoms with Gasteiger partial charge in [-0.25, -0.2) is 19.3 Å². The number of amides is 1. The van der Waals surface area contributed by atoms with E-state index in [4.69, 9.17) is 4.74 Å². The molecule has 3 unspecified atom stereocenters. The van der Waals surface area contributed by atoms with Crippen LogP contribution in [0, 0.1) is 19.7 Å². The molecule has 1 amide bonds. The van der Waals surface area contributed by atoms with Crippen LogP contribution in [0.25, 0.3) is 22.6 Å². The number of aliphatic hydroxyl groups is 2. The smallest absolute Gasteiger partial charge is 0.251 e. The number of nitrogens with one attached hydrogen (secondary N) is 2. The number of likely N-dealkylation sites (N-methyl/N-ethyl adjacent to an activating group) is 1. The average Bonchev–Trinajstić information content (AvgIpc) is 3.42. The minimum Gasteiger partial charge on any atom is -0.387 e. The highest BCUT2D eigenvalue weighted by Crippen LogP contribution is 2.33. The number of rotatable bonds is 6. The molecule has 192 valence electrons. The van der Waals surface area contributed by atoms with Crippen molar-refractivity contribution in [2.45, 2.75) is 44.9 Å². The Labute approximate surface area is 211 Å². The molecule has 1 aromatic carbocycles. The lowest BCUT2D eigenvalue weighted by Crippen LogP contribution is -2.41. The highest BCUT2D eigenvalue weighted by molar-refractivity contribution is 5.85. The quantitative estimate of drug-likeness (QED) is 0.306. The third-order valence-corrected chi connectivity index (χ3v) is 6.14. The van der Waals surface area contributed by atoms with Crippen LogP contribution in [0.1, 0.15) is 22.9 Å². The van der Waals surface area contributed by atoms with Gasteiger partial charge in [0.1, 0.15) is 18.0 Å². The van der Waals surface area contributed by atoms with Crippen LogP contribution in [-0.2, 0) is 16.1 Å². The summed E-state index contributed by atoms with van der Waals surface area (Å²) in [6, 6.07) is 7.44. The molecule has 0 radical (unpaired) electrons. The molecule has 0 saturated carbocycles. The van der Waals surface area contributed by atoms with Crippen molar-refractivity contribution >= 4 is 22.9 Å². The summed E-state index contributed by atoms with van der Waals surface area (Å²) in [7, 11) is 1.41. The number of halogens is 1. The molecule has 4 heterocycles. The molecule has 0 aliphatic carbocycles. The summed E-state index contributed by atoms with van der Waals surface area (Å²) in [5.74, 6) is -0.584. The minimum absolute atomic E-state index is 0.167. The molecule has 11 nitrogen and oxygen atoms in total. The number of anilines is 1. The molecule has 4 atom stereocenters. The highest BCUT2D eigenvalue weighted by Gasteiger charge is 2.47. The van der Waals surface area contributed by atoms with Crippen molar-refractivity contribution in [2.24, 2.45) is 0 Å². The monoisotopic (exact) mass is 507 g/mol. The first-order chi connectivity index (χ1) is 17.7. The first-order valence-electron chi connectivity index (χ1n) is 11.6. The first kappa shape index (κ1) is 24.7. The lowest BCUT2D eigenvalue weighted by atomic mass is 10.1. The predicted molar refractivity (Wildman–Crippen MR) is 132 cm³/mol. The van der Waals surface area contributed by atoms with Gasteiger partial charge in [-0.1, -0.05) is 29.3 Å². The lowest BCUT2D eigenvalue weighted by molar-refractivity contribution is -0.137. The van der Waals surface area contributed by atoms with E-state index in [1.165, 1.54) is 30.2 Å². The van der Waals surface area contributed by atoms with Gasteiger partial charge in [-0.3, -0.25) is 14.3 Å². The van der Waals surface area contributed by atoms with Gasteiger partial charge in [0.15, 0.2) is 35.1 Å². The van der Waals surface area contributed by atoms with E-state index in [-0.39, 0.29) is 11.5 Å². The number of carbonyl (C=O) groups excluding carboxylic acids is 1. The Balaban J connectivity index is 1.58. The molecular formula is C25H26FN7O4. The number of aromatic nitrogens is 5. The molecule has 37 heavy (non-hydrogen) atoms. The topological polar surface area (TPSA) is 147 Å². The zero-order valence-corrected chi connectivity index (χ0v) is 20.4. The van der Waals surface area contributed by atoms with Crippen LogP contribution in [0.2, 0.25) is 0 Å². The van der Waals surface area contributed by atoms with Crippen LogP contribution >= 0.6 is 0 Å². The number of aryl methyl sites for hydroxylation is 2. The molecule has 3 aromatic heterocycles. The molecule has 12 heteroatoms. The lowest BCUT2D eigenvalue weighted by Gasteiger charge is -2.17. The highest BCUT2D eigenvalue weighted by atomic mass is 19.1. The van der Waals surface area contributed by atoms with Gasteiger partial charge >= 0.3 is 0 Å². The number of fused-ring (bicyclic) bond motifs is 1. The molecule has 4 aromatic rings. The number of hydrogen-bond acceptors (Lipinski definition) is 9. The Hall–Kier alpha value is -4.00. The normalized spacial score (nSPS) is 21.4. The summed E-state index contributed by atoms with van der Waals surface area (Å²) in [6.45, 7) is 4.47. The van der Waals surface area contributed by atoms with Crippen LogP contribution in [0.4, 0.5) is 10.2 Å².